The molecular weight excluding hydrogens is 1400 g/mol. The van der Waals surface area contributed by atoms with Crippen molar-refractivity contribution in [2.24, 2.45) is 0 Å². The van der Waals surface area contributed by atoms with Crippen LogP contribution < -0.4 is 19.7 Å². The molecule has 1 aromatic heterocycles. The van der Waals surface area contributed by atoms with Gasteiger partial charge in [0, 0.05) is 49.7 Å². The molecule has 1 heterocycles. The second kappa shape index (κ2) is 36.3. The number of aliphatic hydroxyl groups is 1. The minimum Gasteiger partial charge on any atom is -0.744 e. The van der Waals surface area contributed by atoms with Crippen LogP contribution in [0.25, 0.3) is 46.6 Å². The largest absolute Gasteiger partial charge is 0.744 e. The Morgan fingerprint density at radius 3 is 1.55 bits per heavy atom. The second-order valence-corrected chi connectivity index (χ2v) is 31.9. The first-order valence-corrected chi connectivity index (χ1v) is 40.3. The fourth-order valence-corrected chi connectivity index (χ4v) is 18.0. The maximum absolute atomic E-state index is 13.5. The first kappa shape index (κ1) is 76.4. The van der Waals surface area contributed by atoms with Crippen molar-refractivity contribution in [3.63, 3.8) is 0 Å². The minimum absolute atomic E-state index is 0.0146. The molecule has 538 valence electrons. The molecule has 13 aromatic carbocycles. The minimum atomic E-state index is -4.69. The molecule has 0 saturated carbocycles. The number of carbonyl (C=O) groups is 2. The Labute approximate surface area is 626 Å². The number of carbonyl (C=O) groups excluding carboxylic acids is 2. The summed E-state index contributed by atoms with van der Waals surface area (Å²) in [6.07, 6.45) is 2.71. The van der Waals surface area contributed by atoms with Gasteiger partial charge in [0.25, 0.3) is 5.91 Å². The zero-order valence-corrected chi connectivity index (χ0v) is 62.5. The lowest BCUT2D eigenvalue weighted by atomic mass is 9.99. The first-order valence-electron chi connectivity index (χ1n) is 35.0. The zero-order chi connectivity index (χ0) is 74.6. The van der Waals surface area contributed by atoms with Crippen molar-refractivity contribution in [1.29, 1.82) is 0 Å². The van der Waals surface area contributed by atoms with Gasteiger partial charge in [-0.1, -0.05) is 216 Å². The van der Waals surface area contributed by atoms with E-state index in [1.165, 1.54) is 69.6 Å². The van der Waals surface area contributed by atoms with Gasteiger partial charge in [-0.15, -0.1) is 0 Å². The molecule has 2 N–H and O–H groups in total. The third-order valence-electron chi connectivity index (χ3n) is 18.1. The third kappa shape index (κ3) is 19.6. The van der Waals surface area contributed by atoms with Crippen LogP contribution in [-0.2, 0) is 53.7 Å². The van der Waals surface area contributed by atoms with Gasteiger partial charge in [0.2, 0.25) is 0 Å². The van der Waals surface area contributed by atoms with Gasteiger partial charge in [-0.3, -0.25) is 4.79 Å². The van der Waals surface area contributed by atoms with Crippen LogP contribution in [-0.4, -0.2) is 62.7 Å². The van der Waals surface area contributed by atoms with Crippen LogP contribution in [0.2, 0.25) is 0 Å². The van der Waals surface area contributed by atoms with E-state index in [2.05, 4.69) is 197 Å². The van der Waals surface area contributed by atoms with Crippen LogP contribution in [0.15, 0.2) is 340 Å². The Balaban J connectivity index is 0.000000145. The standard InChI is InChI=1S/C29H29NO5S.C22H23NO5S.C20H17OS.C18H15S/c1-3-21(2)23-12-7-13-24(18-23)35-20-29(31)30(19-22-10-5-4-6-11-22)27-16-8-15-26-25(27)14-9-17-28(26)36(32,33)34;1-3-15(2)16-6-4-8-18(12-16)28-22(24)14-23-21-9-5-7-17-13-19(29(25,26)27)10-11-20(17)21;21-14-13-15-9-11-16(12-10-15)22-19-7-3-1-5-17(19)18-6-2-4-8-20(18)22;1-4-10-16(11-5-1)19(17-12-6-2-7-13-17)18-14-8-3-9-15-18/h4-18,21H,3,19-20H2,1-2H3,(H,32,33,34);4-13,15,23H,3,14H2,1-2H3,(H,25,26,27);1-12,21H,13-14H2;1-15H/q;;2*+1/p-2. The number of thiophene rings is 1. The molecule has 0 aliphatic rings. The van der Waals surface area contributed by atoms with Crippen molar-refractivity contribution >= 4 is 107 Å². The van der Waals surface area contributed by atoms with Crippen molar-refractivity contribution in [1.82, 2.24) is 0 Å². The van der Waals surface area contributed by atoms with Gasteiger partial charge in [0.05, 0.1) is 32.9 Å². The Kier molecular flexibility index (Phi) is 26.2. The van der Waals surface area contributed by atoms with Crippen LogP contribution in [0.1, 0.15) is 74.6 Å². The van der Waals surface area contributed by atoms with E-state index < -0.39 is 26.2 Å². The average Bonchev–Trinajstić information content (AvgIpc) is 1.31. The molecule has 0 aliphatic carbocycles. The van der Waals surface area contributed by atoms with Gasteiger partial charge in [0.1, 0.15) is 38.3 Å². The van der Waals surface area contributed by atoms with Crippen molar-refractivity contribution in [2.75, 3.05) is 30.0 Å². The van der Waals surface area contributed by atoms with Gasteiger partial charge in [0.15, 0.2) is 35.6 Å². The molecule has 2 unspecified atom stereocenters. The number of fused-ring (bicyclic) bond motifs is 5. The lowest BCUT2D eigenvalue weighted by Gasteiger charge is -2.25. The molecule has 0 aliphatic heterocycles. The predicted molar refractivity (Wildman–Crippen MR) is 429 cm³/mol. The summed E-state index contributed by atoms with van der Waals surface area (Å²) >= 11 is 0. The lowest BCUT2D eigenvalue weighted by molar-refractivity contribution is -0.132. The topological polar surface area (TPSA) is 202 Å². The summed E-state index contributed by atoms with van der Waals surface area (Å²) in [4.78, 5) is 32.2. The molecule has 14 rings (SSSR count). The number of aliphatic hydroxyl groups excluding tert-OH is 1. The molecule has 14 aromatic rings. The summed E-state index contributed by atoms with van der Waals surface area (Å²) in [5, 5.41) is 16.9. The molecule has 1 amide bonds. The Bertz CT molecular complexity index is 5370. The van der Waals surface area contributed by atoms with Crippen molar-refractivity contribution in [3.8, 4) is 16.4 Å². The number of anilines is 2. The quantitative estimate of drug-likeness (QED) is 0.0282. The molecule has 17 heteroatoms. The van der Waals surface area contributed by atoms with E-state index in [0.717, 1.165) is 36.0 Å². The normalized spacial score (nSPS) is 11.8. The van der Waals surface area contributed by atoms with E-state index in [1.807, 2.05) is 72.8 Å². The maximum atomic E-state index is 13.5. The number of nitrogens with zero attached hydrogens (tertiary/aromatic N) is 1. The van der Waals surface area contributed by atoms with E-state index in [-0.39, 0.29) is 68.8 Å². The van der Waals surface area contributed by atoms with E-state index >= 15 is 0 Å². The maximum Gasteiger partial charge on any atom is 0.330 e. The SMILES string of the molecule is CCC(C)c1cccc(OC(=O)CNc2cccc3cc(S(=O)(=O)[O-])ccc23)c1.CCC(C)c1cccc(OCC(=O)N(Cc2ccccc2)c2cccc3c(S(=O)(=O)[O-])cccc23)c1.OCCc1ccc(-[s+]2c3ccccc3c3ccccc32)cc1.c1ccc([S+](c2ccccc2)c2ccccc2)cc1. The summed E-state index contributed by atoms with van der Waals surface area (Å²) in [6.45, 7) is 8.68. The molecule has 0 fully saturated rings. The Morgan fingerprint density at radius 2 is 0.991 bits per heavy atom. The van der Waals surface area contributed by atoms with Crippen LogP contribution in [0.3, 0.4) is 0 Å². The summed E-state index contributed by atoms with van der Waals surface area (Å²) in [5.74, 6) is 1.13. The highest BCUT2D eigenvalue weighted by atomic mass is 32.2. The first-order chi connectivity index (χ1) is 51.4. The smallest absolute Gasteiger partial charge is 0.330 e. The molecular formula is C89H82N2O11S4. The molecule has 0 saturated heterocycles. The Morgan fingerprint density at radius 1 is 0.491 bits per heavy atom. The van der Waals surface area contributed by atoms with Gasteiger partial charge in [-0.05, 0) is 186 Å². The third-order valence-corrected chi connectivity index (χ3v) is 24.4. The molecule has 106 heavy (non-hydrogen) atoms. The number of ether oxygens (including phenoxy) is 2. The van der Waals surface area contributed by atoms with Crippen molar-refractivity contribution in [2.45, 2.75) is 89.8 Å². The van der Waals surface area contributed by atoms with E-state index in [0.29, 0.717) is 50.9 Å². The number of hydrogen-bond acceptors (Lipinski definition) is 12. The number of nitrogens with one attached hydrogen (secondary N) is 1. The number of hydrogen-bond donors (Lipinski definition) is 2. The van der Waals surface area contributed by atoms with E-state index in [1.54, 1.807) is 59.5 Å². The van der Waals surface area contributed by atoms with Gasteiger partial charge in [-0.25, -0.2) is 21.6 Å². The van der Waals surface area contributed by atoms with Crippen LogP contribution in [0.5, 0.6) is 11.5 Å². The number of rotatable bonds is 22. The highest BCUT2D eigenvalue weighted by molar-refractivity contribution is 7.97. The number of esters is 1. The second-order valence-electron chi connectivity index (χ2n) is 25.2. The van der Waals surface area contributed by atoms with Crippen molar-refractivity contribution in [3.05, 3.63) is 338 Å². The molecule has 2 atom stereocenters. The van der Waals surface area contributed by atoms with Gasteiger partial charge >= 0.3 is 5.97 Å². The molecule has 0 bridgehead atoms. The lowest BCUT2D eigenvalue weighted by Crippen LogP contribution is -2.34. The fourth-order valence-electron chi connectivity index (χ4n) is 12.3. The summed E-state index contributed by atoms with van der Waals surface area (Å²) < 4.78 is 83.3. The Hall–Kier alpha value is -10.7. The highest BCUT2D eigenvalue weighted by Gasteiger charge is 2.28. The molecule has 0 spiro atoms. The molecule has 0 radical (unpaired) electrons. The summed E-state index contributed by atoms with van der Waals surface area (Å²) in [5.41, 5.74) is 5.49. The predicted octanol–water partition coefficient (Wildman–Crippen LogP) is 20.2. The average molecular weight is 1480 g/mol. The van der Waals surface area contributed by atoms with E-state index in [9.17, 15) is 35.5 Å². The number of benzene rings is 13. The zero-order valence-electron chi connectivity index (χ0n) is 59.2. The van der Waals surface area contributed by atoms with Crippen molar-refractivity contribution < 1.29 is 50.1 Å². The number of amides is 1. The van der Waals surface area contributed by atoms with Crippen LogP contribution in [0.4, 0.5) is 11.4 Å². The summed E-state index contributed by atoms with van der Waals surface area (Å²) in [7, 11) is -9.24. The fraction of sp³-hybridized carbons (Fsp3) is 0.146. The summed E-state index contributed by atoms with van der Waals surface area (Å²) in [6, 6.07) is 102. The highest BCUT2D eigenvalue weighted by Crippen LogP contribution is 2.48. The monoisotopic (exact) mass is 1480 g/mol. The molecule has 13 nitrogen and oxygen atoms in total. The van der Waals surface area contributed by atoms with Gasteiger partial charge < -0.3 is 33.9 Å². The van der Waals surface area contributed by atoms with Gasteiger partial charge in [-0.2, -0.15) is 0 Å². The van der Waals surface area contributed by atoms with Crippen LogP contribution in [0, 0.1) is 0 Å². The van der Waals surface area contributed by atoms with E-state index in [4.69, 9.17) is 14.6 Å². The van der Waals surface area contributed by atoms with Crippen LogP contribution >= 0.6 is 10.5 Å².